The molecule has 0 aromatic carbocycles. The molecule has 1 aliphatic rings. The van der Waals surface area contributed by atoms with Crippen molar-refractivity contribution in [2.24, 2.45) is 0 Å². The van der Waals surface area contributed by atoms with Crippen molar-refractivity contribution in [2.45, 2.75) is 25.3 Å². The van der Waals surface area contributed by atoms with Crippen molar-refractivity contribution in [3.05, 3.63) is 30.1 Å². The summed E-state index contributed by atoms with van der Waals surface area (Å²) in [6.45, 7) is 4.65. The van der Waals surface area contributed by atoms with Crippen molar-refractivity contribution in [3.8, 4) is 0 Å². The van der Waals surface area contributed by atoms with Crippen molar-refractivity contribution in [1.82, 2.24) is 15.1 Å². The third kappa shape index (κ3) is 2.98. The number of nitrogens with one attached hydrogen (secondary N) is 1. The second-order valence-corrected chi connectivity index (χ2v) is 4.58. The number of carboxylic acids is 1. The third-order valence-corrected chi connectivity index (χ3v) is 3.24. The Labute approximate surface area is 116 Å². The second kappa shape index (κ2) is 6.23. The van der Waals surface area contributed by atoms with Crippen LogP contribution in [0.15, 0.2) is 18.9 Å². The molecule has 0 saturated heterocycles. The number of aryl methyl sites for hydroxylation is 1. The molecule has 0 bridgehead atoms. The van der Waals surface area contributed by atoms with Crippen LogP contribution in [0.1, 0.15) is 34.8 Å². The highest BCUT2D eigenvalue weighted by atomic mass is 16.5. The van der Waals surface area contributed by atoms with Crippen LogP contribution < -0.4 is 5.32 Å². The van der Waals surface area contributed by atoms with E-state index in [0.717, 1.165) is 12.8 Å². The molecule has 1 unspecified atom stereocenters. The largest absolute Gasteiger partial charge is 0.478 e. The summed E-state index contributed by atoms with van der Waals surface area (Å²) in [5.41, 5.74) is 0.878. The Morgan fingerprint density at radius 1 is 1.65 bits per heavy atom. The van der Waals surface area contributed by atoms with Gasteiger partial charge in [-0.15, -0.1) is 0 Å². The predicted octanol–water partition coefficient (Wildman–Crippen LogP) is 1.37. The molecular formula is C13H17N3O4. The average Bonchev–Trinajstić information content (AvgIpc) is 2.87. The van der Waals surface area contributed by atoms with Gasteiger partial charge in [-0.25, -0.2) is 9.59 Å². The standard InChI is InChI=1S/C13H17N3O4/c1-2-6-20-13(19)14-7-9-4-3-5-16-11(9)10(8-15-16)12(17)18/h2,8-9H,1,3-7H2,(H,14,19)(H,17,18). The van der Waals surface area contributed by atoms with Gasteiger partial charge in [0.2, 0.25) is 0 Å². The normalized spacial score (nSPS) is 17.1. The number of alkyl carbamates (subject to hydrolysis) is 1. The molecule has 1 aromatic heterocycles. The first-order valence-electron chi connectivity index (χ1n) is 6.44. The Morgan fingerprint density at radius 2 is 2.45 bits per heavy atom. The zero-order valence-corrected chi connectivity index (χ0v) is 11.0. The SMILES string of the molecule is C=CCOC(=O)NCC1CCCn2ncc(C(=O)O)c21. The van der Waals surface area contributed by atoms with E-state index in [9.17, 15) is 9.59 Å². The van der Waals surface area contributed by atoms with Gasteiger partial charge in [-0.3, -0.25) is 4.68 Å². The van der Waals surface area contributed by atoms with Gasteiger partial charge in [-0.1, -0.05) is 12.7 Å². The van der Waals surface area contributed by atoms with Crippen LogP contribution in [0.5, 0.6) is 0 Å². The number of hydrogen-bond acceptors (Lipinski definition) is 4. The summed E-state index contributed by atoms with van der Waals surface area (Å²) in [6, 6.07) is 0. The lowest BCUT2D eigenvalue weighted by atomic mass is 9.93. The summed E-state index contributed by atoms with van der Waals surface area (Å²) in [7, 11) is 0. The van der Waals surface area contributed by atoms with Crippen molar-refractivity contribution >= 4 is 12.1 Å². The van der Waals surface area contributed by atoms with E-state index in [0.29, 0.717) is 18.8 Å². The summed E-state index contributed by atoms with van der Waals surface area (Å²) < 4.78 is 6.53. The smallest absolute Gasteiger partial charge is 0.407 e. The first-order valence-corrected chi connectivity index (χ1v) is 6.44. The van der Waals surface area contributed by atoms with E-state index in [1.54, 1.807) is 4.68 Å². The third-order valence-electron chi connectivity index (χ3n) is 3.24. The first-order chi connectivity index (χ1) is 9.63. The Hall–Kier alpha value is -2.31. The van der Waals surface area contributed by atoms with Gasteiger partial charge in [-0.2, -0.15) is 5.10 Å². The zero-order valence-electron chi connectivity index (χ0n) is 11.0. The number of carboxylic acid groups (broad SMARTS) is 1. The van der Waals surface area contributed by atoms with Crippen molar-refractivity contribution < 1.29 is 19.4 Å². The second-order valence-electron chi connectivity index (χ2n) is 4.58. The van der Waals surface area contributed by atoms with Crippen LogP contribution in [0, 0.1) is 0 Å². The molecule has 2 rings (SSSR count). The van der Waals surface area contributed by atoms with Crippen LogP contribution in [-0.4, -0.2) is 40.1 Å². The molecule has 1 amide bonds. The summed E-state index contributed by atoms with van der Waals surface area (Å²) in [6.07, 6.45) is 4.04. The van der Waals surface area contributed by atoms with Crippen LogP contribution in [-0.2, 0) is 11.3 Å². The monoisotopic (exact) mass is 279 g/mol. The number of carbonyl (C=O) groups excluding carboxylic acids is 1. The van der Waals surface area contributed by atoms with E-state index in [-0.39, 0.29) is 18.1 Å². The van der Waals surface area contributed by atoms with Crippen LogP contribution in [0.3, 0.4) is 0 Å². The van der Waals surface area contributed by atoms with Gasteiger partial charge < -0.3 is 15.2 Å². The van der Waals surface area contributed by atoms with Crippen molar-refractivity contribution in [1.29, 1.82) is 0 Å². The van der Waals surface area contributed by atoms with Crippen molar-refractivity contribution in [2.75, 3.05) is 13.2 Å². The minimum atomic E-state index is -0.993. The zero-order chi connectivity index (χ0) is 14.5. The summed E-state index contributed by atoms with van der Waals surface area (Å²) in [5, 5.41) is 15.9. The van der Waals surface area contributed by atoms with E-state index < -0.39 is 12.1 Å². The lowest BCUT2D eigenvalue weighted by Gasteiger charge is -2.24. The fourth-order valence-electron chi connectivity index (χ4n) is 2.38. The van der Waals surface area contributed by atoms with E-state index in [2.05, 4.69) is 17.0 Å². The maximum Gasteiger partial charge on any atom is 0.407 e. The van der Waals surface area contributed by atoms with Crippen molar-refractivity contribution in [3.63, 3.8) is 0 Å². The summed E-state index contributed by atoms with van der Waals surface area (Å²) in [4.78, 5) is 22.6. The molecular weight excluding hydrogens is 262 g/mol. The highest BCUT2D eigenvalue weighted by molar-refractivity contribution is 5.89. The Kier molecular flexibility index (Phi) is 4.39. The quantitative estimate of drug-likeness (QED) is 0.794. The number of fused-ring (bicyclic) bond motifs is 1. The van der Waals surface area contributed by atoms with Gasteiger partial charge >= 0.3 is 12.1 Å². The number of hydrogen-bond donors (Lipinski definition) is 2. The van der Waals surface area contributed by atoms with Gasteiger partial charge in [0.15, 0.2) is 0 Å². The number of amides is 1. The van der Waals surface area contributed by atoms with Crippen LogP contribution in [0.4, 0.5) is 4.79 Å². The Bertz CT molecular complexity index is 524. The van der Waals surface area contributed by atoms with Crippen LogP contribution in [0.2, 0.25) is 0 Å². The van der Waals surface area contributed by atoms with E-state index in [1.807, 2.05) is 0 Å². The minimum absolute atomic E-state index is 0.0615. The first kappa shape index (κ1) is 14.1. The Balaban J connectivity index is 2.04. The molecule has 0 spiro atoms. The summed E-state index contributed by atoms with van der Waals surface area (Å²) >= 11 is 0. The maximum atomic E-state index is 11.4. The molecule has 108 valence electrons. The molecule has 2 N–H and O–H groups in total. The lowest BCUT2D eigenvalue weighted by molar-refractivity contribution is 0.0694. The highest BCUT2D eigenvalue weighted by Gasteiger charge is 2.28. The molecule has 0 radical (unpaired) electrons. The van der Waals surface area contributed by atoms with Crippen LogP contribution in [0.25, 0.3) is 0 Å². The molecule has 1 aromatic rings. The Morgan fingerprint density at radius 3 is 3.15 bits per heavy atom. The predicted molar refractivity (Wildman–Crippen MR) is 70.7 cm³/mol. The minimum Gasteiger partial charge on any atom is -0.478 e. The number of nitrogens with zero attached hydrogens (tertiary/aromatic N) is 2. The highest BCUT2D eigenvalue weighted by Crippen LogP contribution is 2.29. The fraction of sp³-hybridized carbons (Fsp3) is 0.462. The molecule has 0 saturated carbocycles. The van der Waals surface area contributed by atoms with Gasteiger partial charge in [0.05, 0.1) is 11.9 Å². The molecule has 7 nitrogen and oxygen atoms in total. The number of carbonyl (C=O) groups is 2. The maximum absolute atomic E-state index is 11.4. The van der Waals surface area contributed by atoms with Crippen LogP contribution >= 0.6 is 0 Å². The summed E-state index contributed by atoms with van der Waals surface area (Å²) in [5.74, 6) is -1.05. The molecule has 0 fully saturated rings. The molecule has 1 aliphatic heterocycles. The van der Waals surface area contributed by atoms with Gasteiger partial charge in [0, 0.05) is 19.0 Å². The van der Waals surface area contributed by atoms with E-state index in [1.165, 1.54) is 12.3 Å². The lowest BCUT2D eigenvalue weighted by Crippen LogP contribution is -2.32. The number of aromatic nitrogens is 2. The van der Waals surface area contributed by atoms with Gasteiger partial charge in [-0.05, 0) is 12.8 Å². The molecule has 1 atom stereocenters. The van der Waals surface area contributed by atoms with E-state index >= 15 is 0 Å². The molecule has 0 aliphatic carbocycles. The molecule has 2 heterocycles. The van der Waals surface area contributed by atoms with Gasteiger partial charge in [0.25, 0.3) is 0 Å². The molecule has 20 heavy (non-hydrogen) atoms. The number of ether oxygens (including phenoxy) is 1. The fourth-order valence-corrected chi connectivity index (χ4v) is 2.38. The average molecular weight is 279 g/mol. The molecule has 7 heteroatoms. The number of rotatable bonds is 5. The van der Waals surface area contributed by atoms with Gasteiger partial charge in [0.1, 0.15) is 12.2 Å². The topological polar surface area (TPSA) is 93.5 Å². The number of aromatic carboxylic acids is 1. The van der Waals surface area contributed by atoms with E-state index in [4.69, 9.17) is 9.84 Å².